The van der Waals surface area contributed by atoms with Crippen molar-refractivity contribution in [2.45, 2.75) is 0 Å². The van der Waals surface area contributed by atoms with Crippen LogP contribution in [-0.4, -0.2) is 10.8 Å². The summed E-state index contributed by atoms with van der Waals surface area (Å²) in [5, 5.41) is 2.36. The minimum atomic E-state index is -0.0226. The molecule has 0 spiro atoms. The number of fused-ring (bicyclic) bond motifs is 1. The molecule has 2 aromatic heterocycles. The molecule has 0 bridgehead atoms. The Morgan fingerprint density at radius 3 is 2.19 bits per heavy atom. The Morgan fingerprint density at radius 1 is 0.781 bits per heavy atom. The fraction of sp³-hybridized carbons (Fsp3) is 0. The zero-order chi connectivity index (χ0) is 21.3. The molecule has 5 aromatic rings. The molecular weight excluding hydrogens is 573 g/mol. The van der Waals surface area contributed by atoms with Gasteiger partial charge in [-0.2, -0.15) is 6.20 Å². The number of aromatic nitrogens is 2. The number of carbonyl (C=O) groups is 1. The molecule has 0 N–H and O–H groups in total. The third kappa shape index (κ3) is 5.98. The van der Waals surface area contributed by atoms with Gasteiger partial charge in [-0.1, -0.05) is 78.5 Å². The fourth-order valence-electron chi connectivity index (χ4n) is 3.12. The number of pyridine rings is 1. The number of rotatable bonds is 4. The second kappa shape index (κ2) is 11.7. The molecule has 3 nitrogen and oxygen atoms in total. The quantitative estimate of drug-likeness (QED) is 0.191. The van der Waals surface area contributed by atoms with Crippen LogP contribution in [0.25, 0.3) is 16.8 Å². The molecule has 32 heavy (non-hydrogen) atoms. The normalized spacial score (nSPS) is 10.2. The second-order valence-electron chi connectivity index (χ2n) is 6.79. The first-order valence-electron chi connectivity index (χ1n) is 9.97. The maximum atomic E-state index is 11.6. The number of nitrogens with zero attached hydrogens (tertiary/aromatic N) is 2. The Morgan fingerprint density at radius 2 is 1.47 bits per heavy atom. The molecule has 0 amide bonds. The molecule has 3 aromatic carbocycles. The van der Waals surface area contributed by atoms with Crippen molar-refractivity contribution in [2.75, 3.05) is 0 Å². The van der Waals surface area contributed by atoms with Gasteiger partial charge in [0.1, 0.15) is 0 Å². The Hall–Kier alpha value is -3.59. The van der Waals surface area contributed by atoms with Gasteiger partial charge >= 0.3 is 0 Å². The van der Waals surface area contributed by atoms with Crippen molar-refractivity contribution in [1.29, 1.82) is 0 Å². The molecule has 0 fully saturated rings. The summed E-state index contributed by atoms with van der Waals surface area (Å²) in [6.07, 6.45) is 8.66. The van der Waals surface area contributed by atoms with E-state index in [1.165, 1.54) is 5.39 Å². The van der Waals surface area contributed by atoms with Gasteiger partial charge in [-0.15, -0.1) is 42.0 Å². The van der Waals surface area contributed by atoms with Crippen molar-refractivity contribution >= 4 is 22.6 Å². The van der Waals surface area contributed by atoms with Gasteiger partial charge in [0.15, 0.2) is 5.78 Å². The summed E-state index contributed by atoms with van der Waals surface area (Å²) in [7, 11) is 0. The maximum Gasteiger partial charge on any atom is 0.171 e. The molecule has 0 saturated heterocycles. The first-order chi connectivity index (χ1) is 15.3. The van der Waals surface area contributed by atoms with E-state index in [2.05, 4.69) is 28.2 Å². The van der Waals surface area contributed by atoms with Crippen molar-refractivity contribution in [1.82, 2.24) is 9.97 Å². The first kappa shape index (κ1) is 23.1. The molecule has 0 atom stereocenters. The smallest absolute Gasteiger partial charge is 0.171 e. The average molecular weight is 593 g/mol. The van der Waals surface area contributed by atoms with Crippen molar-refractivity contribution in [2.24, 2.45) is 0 Å². The van der Waals surface area contributed by atoms with Crippen LogP contribution in [0.15, 0.2) is 116 Å². The third-order valence-corrected chi connectivity index (χ3v) is 4.68. The Balaban J connectivity index is 0.000000184. The van der Waals surface area contributed by atoms with Crippen LogP contribution in [-0.2, 0) is 20.1 Å². The molecule has 159 valence electrons. The van der Waals surface area contributed by atoms with Gasteiger partial charge in [0.25, 0.3) is 0 Å². The van der Waals surface area contributed by atoms with E-state index in [0.29, 0.717) is 11.3 Å². The van der Waals surface area contributed by atoms with E-state index in [4.69, 9.17) is 0 Å². The molecule has 2 heterocycles. The van der Waals surface area contributed by atoms with Crippen LogP contribution in [0, 0.1) is 6.08 Å². The van der Waals surface area contributed by atoms with Crippen LogP contribution in [0.5, 0.6) is 0 Å². The zero-order valence-electron chi connectivity index (χ0n) is 17.2. The molecule has 1 radical (unpaired) electrons. The van der Waals surface area contributed by atoms with Crippen LogP contribution >= 0.6 is 0 Å². The monoisotopic (exact) mass is 593 g/mol. The summed E-state index contributed by atoms with van der Waals surface area (Å²) < 4.78 is 0. The van der Waals surface area contributed by atoms with Crippen LogP contribution in [0.2, 0.25) is 0 Å². The summed E-state index contributed by atoms with van der Waals surface area (Å²) in [6, 6.07) is 33.0. The van der Waals surface area contributed by atoms with Gasteiger partial charge in [0, 0.05) is 31.9 Å². The number of benzene rings is 3. The molecule has 4 heteroatoms. The molecule has 0 aliphatic heterocycles. The van der Waals surface area contributed by atoms with E-state index in [1.807, 2.05) is 79.0 Å². The summed E-state index contributed by atoms with van der Waals surface area (Å²) in [5.41, 5.74) is 3.21. The minimum Gasteiger partial charge on any atom is -0.661 e. The summed E-state index contributed by atoms with van der Waals surface area (Å²) >= 11 is 0. The molecule has 5 rings (SSSR count). The summed E-state index contributed by atoms with van der Waals surface area (Å²) in [4.78, 5) is 20.0. The van der Waals surface area contributed by atoms with Crippen molar-refractivity contribution in [3.05, 3.63) is 144 Å². The first-order valence-corrected chi connectivity index (χ1v) is 9.97. The number of carbonyl (C=O) groups excluding carboxylic acids is 1. The van der Waals surface area contributed by atoms with Crippen LogP contribution in [0.1, 0.15) is 27.3 Å². The average Bonchev–Trinajstić information content (AvgIpc) is 3.39. The standard InChI is InChI=1S/C17H12N.C11H9NO.Ir/c1-2-6-14(7-3-1)10-11-17-16-9-5-4-8-15(16)12-13-18-17;13-11(10-7-4-8-12-10)9-5-2-1-3-6-9;/h1-9,11-13H;1-8H,(H,12,13);/q-1;;/p-1. The third-order valence-electron chi connectivity index (χ3n) is 4.68. The van der Waals surface area contributed by atoms with Crippen LogP contribution in [0.3, 0.4) is 0 Å². The second-order valence-corrected chi connectivity index (χ2v) is 6.79. The van der Waals surface area contributed by atoms with E-state index in [-0.39, 0.29) is 25.9 Å². The Labute approximate surface area is 201 Å². The van der Waals surface area contributed by atoms with Gasteiger partial charge in [-0.3, -0.25) is 4.79 Å². The van der Waals surface area contributed by atoms with Crippen molar-refractivity contribution in [3.63, 3.8) is 0 Å². The molecule has 0 aliphatic carbocycles. The maximum absolute atomic E-state index is 11.6. The van der Waals surface area contributed by atoms with Gasteiger partial charge in [-0.25, -0.2) is 0 Å². The predicted octanol–water partition coefficient (Wildman–Crippen LogP) is 5.97. The topological polar surface area (TPSA) is 44.1 Å². The predicted molar refractivity (Wildman–Crippen MR) is 125 cm³/mol. The van der Waals surface area contributed by atoms with Crippen molar-refractivity contribution < 1.29 is 24.9 Å². The minimum absolute atomic E-state index is 0. The fourth-order valence-corrected chi connectivity index (χ4v) is 3.12. The van der Waals surface area contributed by atoms with Crippen LogP contribution < -0.4 is 4.98 Å². The molecule has 0 unspecified atom stereocenters. The van der Waals surface area contributed by atoms with E-state index < -0.39 is 0 Å². The SMILES string of the molecule is O=C(c1ccccc1)c1ccc[n-]1.[C-](=Cc1nccc2ccccc12)c1ccccc1.[Ir]. The van der Waals surface area contributed by atoms with Gasteiger partial charge < -0.3 is 9.97 Å². The summed E-state index contributed by atoms with van der Waals surface area (Å²) in [5.74, 6) is -0.0226. The molecule has 0 saturated carbocycles. The van der Waals surface area contributed by atoms with Crippen molar-refractivity contribution in [3.8, 4) is 0 Å². The van der Waals surface area contributed by atoms with E-state index in [1.54, 1.807) is 30.5 Å². The number of hydrogen-bond donors (Lipinski definition) is 0. The van der Waals surface area contributed by atoms with E-state index >= 15 is 0 Å². The van der Waals surface area contributed by atoms with E-state index in [9.17, 15) is 4.79 Å². The zero-order valence-corrected chi connectivity index (χ0v) is 19.6. The van der Waals surface area contributed by atoms with Crippen LogP contribution in [0.4, 0.5) is 0 Å². The van der Waals surface area contributed by atoms with E-state index in [0.717, 1.165) is 16.6 Å². The van der Waals surface area contributed by atoms with Gasteiger partial charge in [0.05, 0.1) is 0 Å². The molecule has 0 aliphatic rings. The number of hydrogen-bond acceptors (Lipinski definition) is 2. The number of ketones is 1. The summed E-state index contributed by atoms with van der Waals surface area (Å²) in [6.45, 7) is 0. The Kier molecular flexibility index (Phi) is 8.44. The van der Waals surface area contributed by atoms with Gasteiger partial charge in [-0.05, 0) is 22.5 Å². The van der Waals surface area contributed by atoms with Gasteiger partial charge in [0.2, 0.25) is 0 Å². The Bertz CT molecular complexity index is 1280. The molecular formula is C28H20IrN2O-2. The largest absolute Gasteiger partial charge is 0.661 e.